The molecule has 6 nitrogen and oxygen atoms in total. The van der Waals surface area contributed by atoms with Crippen molar-refractivity contribution in [3.63, 3.8) is 0 Å². The summed E-state index contributed by atoms with van der Waals surface area (Å²) in [6, 6.07) is 7.50. The Hall–Kier alpha value is -2.08. The van der Waals surface area contributed by atoms with Crippen LogP contribution >= 0.6 is 11.6 Å². The number of amides is 2. The molecule has 1 saturated carbocycles. The fourth-order valence-electron chi connectivity index (χ4n) is 3.69. The highest BCUT2D eigenvalue weighted by Gasteiger charge is 2.35. The second-order valence-electron chi connectivity index (χ2n) is 7.28. The minimum absolute atomic E-state index is 0.105. The smallest absolute Gasteiger partial charge is 0.311 e. The van der Waals surface area contributed by atoms with Gasteiger partial charge < -0.3 is 15.0 Å². The molecule has 1 saturated heterocycles. The van der Waals surface area contributed by atoms with Gasteiger partial charge in [-0.15, -0.1) is 0 Å². The van der Waals surface area contributed by atoms with Gasteiger partial charge in [-0.25, -0.2) is 0 Å². The second-order valence-corrected chi connectivity index (χ2v) is 7.68. The molecule has 7 heteroatoms. The zero-order valence-corrected chi connectivity index (χ0v) is 16.0. The third kappa shape index (κ3) is 5.45. The van der Waals surface area contributed by atoms with E-state index in [0.717, 1.165) is 31.2 Å². The molecular formula is C20H25ClN2O4. The van der Waals surface area contributed by atoms with Gasteiger partial charge in [-0.2, -0.15) is 0 Å². The quantitative estimate of drug-likeness (QED) is 0.755. The van der Waals surface area contributed by atoms with Crippen LogP contribution < -0.4 is 5.32 Å². The predicted octanol–water partition coefficient (Wildman–Crippen LogP) is 2.68. The van der Waals surface area contributed by atoms with Crippen LogP contribution in [0.1, 0.15) is 44.1 Å². The lowest BCUT2D eigenvalue weighted by atomic mass is 9.95. The van der Waals surface area contributed by atoms with Crippen LogP contribution in [-0.2, 0) is 25.7 Å². The number of hydrogen-bond donors (Lipinski definition) is 1. The van der Waals surface area contributed by atoms with Crippen molar-refractivity contribution in [3.05, 3.63) is 34.9 Å². The van der Waals surface area contributed by atoms with Crippen LogP contribution in [0.25, 0.3) is 0 Å². The highest BCUT2D eigenvalue weighted by Crippen LogP contribution is 2.24. The highest BCUT2D eigenvalue weighted by molar-refractivity contribution is 6.31. The number of halogens is 1. The SMILES string of the molecule is O=C(COC(=O)[C@H]1CC(=O)N(Cc2ccccc2Cl)C1)NC1CCCCC1. The van der Waals surface area contributed by atoms with Crippen molar-refractivity contribution in [1.82, 2.24) is 10.2 Å². The average Bonchev–Trinajstić information content (AvgIpc) is 3.03. The monoisotopic (exact) mass is 392 g/mol. The normalized spacial score (nSPS) is 20.6. The topological polar surface area (TPSA) is 75.7 Å². The van der Waals surface area contributed by atoms with Gasteiger partial charge in [-0.05, 0) is 24.5 Å². The molecule has 1 aromatic carbocycles. The van der Waals surface area contributed by atoms with Gasteiger partial charge in [0.25, 0.3) is 5.91 Å². The molecule has 2 fully saturated rings. The van der Waals surface area contributed by atoms with Crippen molar-refractivity contribution in [2.75, 3.05) is 13.2 Å². The van der Waals surface area contributed by atoms with Crippen LogP contribution in [-0.4, -0.2) is 41.9 Å². The molecule has 1 heterocycles. The van der Waals surface area contributed by atoms with E-state index in [0.29, 0.717) is 11.6 Å². The van der Waals surface area contributed by atoms with Crippen LogP contribution in [0.4, 0.5) is 0 Å². The molecule has 0 aromatic heterocycles. The largest absolute Gasteiger partial charge is 0.455 e. The third-order valence-electron chi connectivity index (χ3n) is 5.18. The number of carbonyl (C=O) groups is 3. The minimum Gasteiger partial charge on any atom is -0.455 e. The molecule has 1 aromatic rings. The van der Waals surface area contributed by atoms with E-state index in [1.807, 2.05) is 18.2 Å². The molecule has 27 heavy (non-hydrogen) atoms. The molecule has 0 unspecified atom stereocenters. The van der Waals surface area contributed by atoms with Crippen LogP contribution in [0.15, 0.2) is 24.3 Å². The zero-order chi connectivity index (χ0) is 19.2. The number of esters is 1. The number of rotatable bonds is 6. The molecule has 1 N–H and O–H groups in total. The summed E-state index contributed by atoms with van der Waals surface area (Å²) in [7, 11) is 0. The fourth-order valence-corrected chi connectivity index (χ4v) is 3.88. The molecular weight excluding hydrogens is 368 g/mol. The van der Waals surface area contributed by atoms with Crippen molar-refractivity contribution in [2.24, 2.45) is 5.92 Å². The lowest BCUT2D eigenvalue weighted by Gasteiger charge is -2.22. The van der Waals surface area contributed by atoms with Crippen LogP contribution in [0.3, 0.4) is 0 Å². The van der Waals surface area contributed by atoms with Gasteiger partial charge in [-0.1, -0.05) is 49.1 Å². The van der Waals surface area contributed by atoms with Crippen molar-refractivity contribution in [1.29, 1.82) is 0 Å². The molecule has 146 valence electrons. The van der Waals surface area contributed by atoms with Gasteiger partial charge in [0.15, 0.2) is 6.61 Å². The van der Waals surface area contributed by atoms with Gasteiger partial charge in [0.05, 0.1) is 5.92 Å². The number of hydrogen-bond acceptors (Lipinski definition) is 4. The molecule has 1 atom stereocenters. The Bertz CT molecular complexity index is 703. The summed E-state index contributed by atoms with van der Waals surface area (Å²) in [5.74, 6) is -1.41. The van der Waals surface area contributed by atoms with E-state index in [-0.39, 0.29) is 37.4 Å². The third-order valence-corrected chi connectivity index (χ3v) is 5.55. The molecule has 3 rings (SSSR count). The van der Waals surface area contributed by atoms with Gasteiger partial charge in [0.1, 0.15) is 0 Å². The fraction of sp³-hybridized carbons (Fsp3) is 0.550. The van der Waals surface area contributed by atoms with E-state index >= 15 is 0 Å². The number of ether oxygens (including phenoxy) is 1. The maximum absolute atomic E-state index is 12.2. The van der Waals surface area contributed by atoms with E-state index in [2.05, 4.69) is 5.32 Å². The summed E-state index contributed by atoms with van der Waals surface area (Å²) in [4.78, 5) is 38.0. The van der Waals surface area contributed by atoms with Gasteiger partial charge in [0, 0.05) is 30.6 Å². The maximum Gasteiger partial charge on any atom is 0.311 e. The summed E-state index contributed by atoms with van der Waals surface area (Å²) >= 11 is 6.14. The number of carbonyl (C=O) groups excluding carboxylic acids is 3. The first kappa shape index (κ1) is 19.7. The summed E-state index contributed by atoms with van der Waals surface area (Å²) in [5.41, 5.74) is 0.841. The number of benzene rings is 1. The molecule has 0 radical (unpaired) electrons. The first-order valence-corrected chi connectivity index (χ1v) is 9.88. The first-order chi connectivity index (χ1) is 13.0. The van der Waals surface area contributed by atoms with Gasteiger partial charge in [-0.3, -0.25) is 14.4 Å². The van der Waals surface area contributed by atoms with Crippen LogP contribution in [0.5, 0.6) is 0 Å². The number of nitrogens with zero attached hydrogens (tertiary/aromatic N) is 1. The first-order valence-electron chi connectivity index (χ1n) is 9.50. The Morgan fingerprint density at radius 1 is 1.19 bits per heavy atom. The van der Waals surface area contributed by atoms with Crippen LogP contribution in [0.2, 0.25) is 5.02 Å². The van der Waals surface area contributed by atoms with Crippen molar-refractivity contribution in [3.8, 4) is 0 Å². The standard InChI is InChI=1S/C20H25ClN2O4/c21-17-9-5-4-6-14(17)11-23-12-15(10-19(23)25)20(26)27-13-18(24)22-16-7-2-1-3-8-16/h4-6,9,15-16H,1-3,7-8,10-13H2,(H,22,24)/t15-/m0/s1. The molecule has 2 aliphatic rings. The zero-order valence-electron chi connectivity index (χ0n) is 15.3. The summed E-state index contributed by atoms with van der Waals surface area (Å²) in [5, 5.41) is 3.51. The van der Waals surface area contributed by atoms with E-state index in [4.69, 9.17) is 16.3 Å². The van der Waals surface area contributed by atoms with E-state index in [1.54, 1.807) is 11.0 Å². The molecule has 2 amide bonds. The van der Waals surface area contributed by atoms with E-state index in [1.165, 1.54) is 6.42 Å². The minimum atomic E-state index is -0.539. The number of likely N-dealkylation sites (tertiary alicyclic amines) is 1. The Labute approximate surface area is 164 Å². The Morgan fingerprint density at radius 3 is 2.67 bits per heavy atom. The van der Waals surface area contributed by atoms with Crippen molar-refractivity contribution < 1.29 is 19.1 Å². The molecule has 1 aliphatic heterocycles. The summed E-state index contributed by atoms with van der Waals surface area (Å²) in [6.45, 7) is 0.363. The lowest BCUT2D eigenvalue weighted by molar-refractivity contribution is -0.152. The van der Waals surface area contributed by atoms with E-state index < -0.39 is 11.9 Å². The highest BCUT2D eigenvalue weighted by atomic mass is 35.5. The Kier molecular flexibility index (Phi) is 6.72. The lowest BCUT2D eigenvalue weighted by Crippen LogP contribution is -2.39. The number of nitrogens with one attached hydrogen (secondary N) is 1. The van der Waals surface area contributed by atoms with E-state index in [9.17, 15) is 14.4 Å². The predicted molar refractivity (Wildman–Crippen MR) is 101 cm³/mol. The van der Waals surface area contributed by atoms with Gasteiger partial charge >= 0.3 is 5.97 Å². The maximum atomic E-state index is 12.2. The summed E-state index contributed by atoms with van der Waals surface area (Å²) < 4.78 is 5.14. The van der Waals surface area contributed by atoms with Crippen molar-refractivity contribution >= 4 is 29.4 Å². The molecule has 0 bridgehead atoms. The van der Waals surface area contributed by atoms with Crippen molar-refractivity contribution in [2.45, 2.75) is 51.1 Å². The average molecular weight is 393 g/mol. The second kappa shape index (κ2) is 9.22. The molecule has 0 spiro atoms. The van der Waals surface area contributed by atoms with Crippen LogP contribution in [0, 0.1) is 5.92 Å². The Balaban J connectivity index is 1.44. The summed E-state index contributed by atoms with van der Waals surface area (Å²) in [6.07, 6.45) is 5.52. The Morgan fingerprint density at radius 2 is 1.93 bits per heavy atom. The van der Waals surface area contributed by atoms with Gasteiger partial charge in [0.2, 0.25) is 5.91 Å². The molecule has 1 aliphatic carbocycles.